The van der Waals surface area contributed by atoms with E-state index in [-0.39, 0.29) is 5.91 Å². The zero-order chi connectivity index (χ0) is 11.7. The van der Waals surface area contributed by atoms with Gasteiger partial charge in [-0.15, -0.1) is 0 Å². The van der Waals surface area contributed by atoms with Gasteiger partial charge >= 0.3 is 0 Å². The molecular weight excluding hydrogens is 218 g/mol. The quantitative estimate of drug-likeness (QED) is 0.620. The normalized spacial score (nSPS) is 10.6. The first-order valence-corrected chi connectivity index (χ1v) is 5.07. The molecule has 6 nitrogen and oxygen atoms in total. The number of carbonyl (C=O) groups excluding carboxylic acids is 1. The summed E-state index contributed by atoms with van der Waals surface area (Å²) in [6, 6.07) is 7.05. The van der Waals surface area contributed by atoms with Crippen LogP contribution in [0.1, 0.15) is 10.4 Å². The third-order valence-corrected chi connectivity index (χ3v) is 2.45. The van der Waals surface area contributed by atoms with Crippen molar-refractivity contribution in [1.82, 2.24) is 20.4 Å². The van der Waals surface area contributed by atoms with Crippen LogP contribution < -0.4 is 5.32 Å². The van der Waals surface area contributed by atoms with Gasteiger partial charge in [-0.3, -0.25) is 15.0 Å². The lowest BCUT2D eigenvalue weighted by Gasteiger charge is -2.02. The molecule has 0 atom stereocenters. The van der Waals surface area contributed by atoms with E-state index in [9.17, 15) is 4.79 Å². The maximum atomic E-state index is 11.9. The van der Waals surface area contributed by atoms with Gasteiger partial charge in [0, 0.05) is 17.0 Å². The summed E-state index contributed by atoms with van der Waals surface area (Å²) in [7, 11) is 0. The molecule has 0 aliphatic heterocycles. The number of H-pyrrole nitrogens is 2. The van der Waals surface area contributed by atoms with E-state index in [2.05, 4.69) is 25.7 Å². The summed E-state index contributed by atoms with van der Waals surface area (Å²) in [4.78, 5) is 11.9. The molecule has 3 N–H and O–H groups in total. The van der Waals surface area contributed by atoms with Crippen molar-refractivity contribution in [3.05, 3.63) is 42.2 Å². The second kappa shape index (κ2) is 3.75. The fourth-order valence-electron chi connectivity index (χ4n) is 1.60. The van der Waals surface area contributed by atoms with Gasteiger partial charge in [-0.1, -0.05) is 6.07 Å². The molecular formula is C11H9N5O. The Bertz CT molecular complexity index is 655. The Hall–Kier alpha value is -2.63. The highest BCUT2D eigenvalue weighted by atomic mass is 16.1. The molecule has 0 aliphatic rings. The lowest BCUT2D eigenvalue weighted by atomic mass is 10.1. The van der Waals surface area contributed by atoms with Crippen molar-refractivity contribution in [1.29, 1.82) is 0 Å². The van der Waals surface area contributed by atoms with E-state index in [1.54, 1.807) is 30.6 Å². The summed E-state index contributed by atoms with van der Waals surface area (Å²) in [6.07, 6.45) is 3.29. The number of hydrogen-bond acceptors (Lipinski definition) is 3. The average Bonchev–Trinajstić information content (AvgIpc) is 2.97. The molecule has 2 heterocycles. The topological polar surface area (TPSA) is 86.5 Å². The van der Waals surface area contributed by atoms with Gasteiger partial charge in [0.15, 0.2) is 0 Å². The summed E-state index contributed by atoms with van der Waals surface area (Å²) >= 11 is 0. The number of nitrogens with zero attached hydrogens (tertiary/aromatic N) is 2. The first-order chi connectivity index (χ1) is 8.33. The molecule has 17 heavy (non-hydrogen) atoms. The molecule has 0 radical (unpaired) electrons. The largest absolute Gasteiger partial charge is 0.307 e. The van der Waals surface area contributed by atoms with Gasteiger partial charge in [-0.05, 0) is 12.1 Å². The number of anilines is 1. The predicted octanol–water partition coefficient (Wildman–Crippen LogP) is 1.54. The van der Waals surface area contributed by atoms with Crippen molar-refractivity contribution in [3.8, 4) is 0 Å². The fraction of sp³-hybridized carbons (Fsp3) is 0. The Kier molecular flexibility index (Phi) is 2.11. The first kappa shape index (κ1) is 9.59. The van der Waals surface area contributed by atoms with E-state index < -0.39 is 0 Å². The monoisotopic (exact) mass is 227 g/mol. The number of benzene rings is 1. The third kappa shape index (κ3) is 1.76. The number of rotatable bonds is 2. The second-order valence-corrected chi connectivity index (χ2v) is 3.60. The van der Waals surface area contributed by atoms with Crippen LogP contribution in [0.2, 0.25) is 0 Å². The van der Waals surface area contributed by atoms with Crippen LogP contribution in [-0.4, -0.2) is 26.3 Å². The second-order valence-electron chi connectivity index (χ2n) is 3.60. The molecule has 0 unspecified atom stereocenters. The summed E-state index contributed by atoms with van der Waals surface area (Å²) < 4.78 is 0. The summed E-state index contributed by atoms with van der Waals surface area (Å²) in [5, 5.41) is 16.8. The minimum absolute atomic E-state index is 0.189. The molecule has 1 amide bonds. The van der Waals surface area contributed by atoms with Gasteiger partial charge in [0.1, 0.15) is 5.82 Å². The number of nitrogens with one attached hydrogen (secondary N) is 3. The molecule has 3 aromatic rings. The number of amides is 1. The minimum Gasteiger partial charge on any atom is -0.307 e. The van der Waals surface area contributed by atoms with Gasteiger partial charge in [-0.2, -0.15) is 10.2 Å². The molecule has 0 bridgehead atoms. The van der Waals surface area contributed by atoms with Crippen molar-refractivity contribution in [2.24, 2.45) is 0 Å². The molecule has 0 saturated carbocycles. The lowest BCUT2D eigenvalue weighted by Crippen LogP contribution is -2.11. The van der Waals surface area contributed by atoms with Gasteiger partial charge < -0.3 is 5.32 Å². The zero-order valence-electron chi connectivity index (χ0n) is 8.77. The van der Waals surface area contributed by atoms with Crippen molar-refractivity contribution in [2.75, 3.05) is 5.32 Å². The Balaban J connectivity index is 1.90. The molecule has 1 aromatic carbocycles. The third-order valence-electron chi connectivity index (χ3n) is 2.45. The van der Waals surface area contributed by atoms with Crippen molar-refractivity contribution >= 4 is 22.6 Å². The van der Waals surface area contributed by atoms with E-state index in [0.717, 1.165) is 10.9 Å². The molecule has 3 rings (SSSR count). The standard InChI is InChI=1S/C11H9N5O/c17-11(14-10-3-4-12-16-10)7-1-2-8-6-13-15-9(8)5-7/h1-6H,(H,13,15)(H2,12,14,16,17). The predicted molar refractivity (Wildman–Crippen MR) is 62.6 cm³/mol. The number of carbonyl (C=O) groups is 1. The molecule has 0 fully saturated rings. The lowest BCUT2D eigenvalue weighted by molar-refractivity contribution is 0.102. The first-order valence-electron chi connectivity index (χ1n) is 5.07. The maximum Gasteiger partial charge on any atom is 0.256 e. The molecule has 84 valence electrons. The van der Waals surface area contributed by atoms with Gasteiger partial charge in [-0.25, -0.2) is 0 Å². The SMILES string of the molecule is O=C(Nc1ccn[nH]1)c1ccc2cn[nH]c2c1. The number of fused-ring (bicyclic) bond motifs is 1. The van der Waals surface area contributed by atoms with Crippen LogP contribution in [0, 0.1) is 0 Å². The Morgan fingerprint density at radius 3 is 2.94 bits per heavy atom. The van der Waals surface area contributed by atoms with Crippen LogP contribution in [0.5, 0.6) is 0 Å². The van der Waals surface area contributed by atoms with E-state index >= 15 is 0 Å². The fourth-order valence-corrected chi connectivity index (χ4v) is 1.60. The summed E-state index contributed by atoms with van der Waals surface area (Å²) in [5.74, 6) is 0.380. The number of hydrogen-bond donors (Lipinski definition) is 3. The Labute approximate surface area is 96.0 Å². The summed E-state index contributed by atoms with van der Waals surface area (Å²) in [6.45, 7) is 0. The number of aromatic nitrogens is 4. The smallest absolute Gasteiger partial charge is 0.256 e. The Morgan fingerprint density at radius 1 is 1.18 bits per heavy atom. The van der Waals surface area contributed by atoms with Crippen LogP contribution in [0.25, 0.3) is 10.9 Å². The van der Waals surface area contributed by atoms with E-state index in [0.29, 0.717) is 11.4 Å². The average molecular weight is 227 g/mol. The molecule has 2 aromatic heterocycles. The van der Waals surface area contributed by atoms with Crippen LogP contribution in [0.4, 0.5) is 5.82 Å². The highest BCUT2D eigenvalue weighted by Gasteiger charge is 2.07. The highest BCUT2D eigenvalue weighted by molar-refractivity contribution is 6.05. The zero-order valence-corrected chi connectivity index (χ0v) is 8.77. The van der Waals surface area contributed by atoms with Crippen LogP contribution in [0.15, 0.2) is 36.7 Å². The van der Waals surface area contributed by atoms with Crippen LogP contribution in [-0.2, 0) is 0 Å². The van der Waals surface area contributed by atoms with Crippen LogP contribution >= 0.6 is 0 Å². The summed E-state index contributed by atoms with van der Waals surface area (Å²) in [5.41, 5.74) is 1.40. The van der Waals surface area contributed by atoms with Gasteiger partial charge in [0.05, 0.1) is 17.9 Å². The highest BCUT2D eigenvalue weighted by Crippen LogP contribution is 2.13. The van der Waals surface area contributed by atoms with E-state index in [1.807, 2.05) is 6.07 Å². The Morgan fingerprint density at radius 2 is 2.12 bits per heavy atom. The van der Waals surface area contributed by atoms with Gasteiger partial charge in [0.25, 0.3) is 5.91 Å². The van der Waals surface area contributed by atoms with Crippen LogP contribution in [0.3, 0.4) is 0 Å². The molecule has 0 saturated heterocycles. The minimum atomic E-state index is -0.189. The molecule has 0 spiro atoms. The molecule has 6 heteroatoms. The van der Waals surface area contributed by atoms with E-state index in [4.69, 9.17) is 0 Å². The number of aromatic amines is 2. The van der Waals surface area contributed by atoms with Gasteiger partial charge in [0.2, 0.25) is 0 Å². The molecule has 0 aliphatic carbocycles. The van der Waals surface area contributed by atoms with Crippen molar-refractivity contribution in [2.45, 2.75) is 0 Å². The van der Waals surface area contributed by atoms with E-state index in [1.165, 1.54) is 0 Å². The van der Waals surface area contributed by atoms with Crippen molar-refractivity contribution in [3.63, 3.8) is 0 Å². The van der Waals surface area contributed by atoms with Crippen molar-refractivity contribution < 1.29 is 4.79 Å². The maximum absolute atomic E-state index is 11.9.